The highest BCUT2D eigenvalue weighted by atomic mass is 16.5. The van der Waals surface area contributed by atoms with Gasteiger partial charge in [0.2, 0.25) is 11.8 Å². The zero-order valence-electron chi connectivity index (χ0n) is 15.2. The number of anilines is 1. The zero-order valence-corrected chi connectivity index (χ0v) is 15.2. The highest BCUT2D eigenvalue weighted by Crippen LogP contribution is 2.20. The van der Waals surface area contributed by atoms with E-state index in [1.54, 1.807) is 43.2 Å². The van der Waals surface area contributed by atoms with Gasteiger partial charge in [-0.15, -0.1) is 0 Å². The molecule has 1 aliphatic rings. The molecule has 0 heterocycles. The quantitative estimate of drug-likeness (QED) is 0.731. The van der Waals surface area contributed by atoms with Crippen LogP contribution in [-0.2, 0) is 9.59 Å². The first-order valence-electron chi connectivity index (χ1n) is 8.96. The van der Waals surface area contributed by atoms with E-state index in [4.69, 9.17) is 4.74 Å². The first-order chi connectivity index (χ1) is 12.1. The number of ether oxygens (including phenoxy) is 1. The summed E-state index contributed by atoms with van der Waals surface area (Å²) < 4.78 is 5.09. The molecular weight excluding hydrogens is 316 g/mol. The second kappa shape index (κ2) is 9.87. The Morgan fingerprint density at radius 2 is 1.92 bits per heavy atom. The van der Waals surface area contributed by atoms with Gasteiger partial charge < -0.3 is 15.0 Å². The summed E-state index contributed by atoms with van der Waals surface area (Å²) >= 11 is 0. The first kappa shape index (κ1) is 19.0. The Hall–Kier alpha value is -2.30. The van der Waals surface area contributed by atoms with Gasteiger partial charge in [0, 0.05) is 32.1 Å². The molecule has 5 heteroatoms. The van der Waals surface area contributed by atoms with E-state index in [0.717, 1.165) is 30.7 Å². The van der Waals surface area contributed by atoms with Gasteiger partial charge in [-0.2, -0.15) is 0 Å². The number of rotatable bonds is 8. The third-order valence-electron chi connectivity index (χ3n) is 4.52. The Labute approximate surface area is 150 Å². The van der Waals surface area contributed by atoms with E-state index in [2.05, 4.69) is 11.4 Å². The molecule has 0 aliphatic heterocycles. The van der Waals surface area contributed by atoms with E-state index >= 15 is 0 Å². The third kappa shape index (κ3) is 6.61. The average molecular weight is 344 g/mol. The van der Waals surface area contributed by atoms with Crippen molar-refractivity contribution in [3.63, 3.8) is 0 Å². The van der Waals surface area contributed by atoms with Crippen molar-refractivity contribution >= 4 is 17.5 Å². The predicted molar refractivity (Wildman–Crippen MR) is 99.7 cm³/mol. The standard InChI is InChI=1S/C20H28N2O3/c1-16(23)22(14-12-17-6-4-3-5-7-17)15-13-20(24)21-18-8-10-19(25-2)11-9-18/h6,8-11H,3-5,7,12-15H2,1-2H3,(H,21,24). The number of amides is 2. The largest absolute Gasteiger partial charge is 0.497 e. The topological polar surface area (TPSA) is 58.6 Å². The fourth-order valence-corrected chi connectivity index (χ4v) is 2.97. The lowest BCUT2D eigenvalue weighted by molar-refractivity contribution is -0.129. The number of benzene rings is 1. The smallest absolute Gasteiger partial charge is 0.226 e. The second-order valence-electron chi connectivity index (χ2n) is 6.39. The average Bonchev–Trinajstić information content (AvgIpc) is 2.63. The van der Waals surface area contributed by atoms with Gasteiger partial charge in [0.15, 0.2) is 0 Å². The van der Waals surface area contributed by atoms with Crippen LogP contribution in [0, 0.1) is 0 Å². The van der Waals surface area contributed by atoms with E-state index in [1.165, 1.54) is 18.4 Å². The van der Waals surface area contributed by atoms with Crippen LogP contribution in [0.3, 0.4) is 0 Å². The van der Waals surface area contributed by atoms with Crippen LogP contribution in [-0.4, -0.2) is 36.9 Å². The minimum absolute atomic E-state index is 0.0219. The summed E-state index contributed by atoms with van der Waals surface area (Å²) in [6.45, 7) is 2.71. The third-order valence-corrected chi connectivity index (χ3v) is 4.52. The molecular formula is C20H28N2O3. The summed E-state index contributed by atoms with van der Waals surface area (Å²) in [6.07, 6.45) is 8.33. The lowest BCUT2D eigenvalue weighted by Crippen LogP contribution is -2.33. The molecule has 1 aromatic rings. The van der Waals surface area contributed by atoms with Gasteiger partial charge in [0.05, 0.1) is 7.11 Å². The van der Waals surface area contributed by atoms with Crippen LogP contribution in [0.25, 0.3) is 0 Å². The number of allylic oxidation sites excluding steroid dienone is 1. The predicted octanol–water partition coefficient (Wildman–Crippen LogP) is 3.76. The maximum atomic E-state index is 12.1. The van der Waals surface area contributed by atoms with Crippen LogP contribution in [0.15, 0.2) is 35.9 Å². The monoisotopic (exact) mass is 344 g/mol. The molecule has 25 heavy (non-hydrogen) atoms. The molecule has 0 atom stereocenters. The molecule has 0 aromatic heterocycles. The van der Waals surface area contributed by atoms with Crippen molar-refractivity contribution in [2.24, 2.45) is 0 Å². The van der Waals surface area contributed by atoms with E-state index in [1.807, 2.05) is 0 Å². The Kier molecular flexibility index (Phi) is 7.51. The Bertz CT molecular complexity index is 608. The number of carbonyl (C=O) groups is 2. The van der Waals surface area contributed by atoms with Crippen LogP contribution in [0.5, 0.6) is 5.75 Å². The van der Waals surface area contributed by atoms with Gasteiger partial charge in [0.25, 0.3) is 0 Å². The lowest BCUT2D eigenvalue weighted by Gasteiger charge is -2.22. The van der Waals surface area contributed by atoms with Gasteiger partial charge in [0.1, 0.15) is 5.75 Å². The summed E-state index contributed by atoms with van der Waals surface area (Å²) in [5.74, 6) is 0.680. The minimum atomic E-state index is -0.0895. The fraction of sp³-hybridized carbons (Fsp3) is 0.500. The van der Waals surface area contributed by atoms with E-state index < -0.39 is 0 Å². The number of nitrogens with one attached hydrogen (secondary N) is 1. The normalized spacial score (nSPS) is 13.8. The fourth-order valence-electron chi connectivity index (χ4n) is 2.97. The molecule has 0 radical (unpaired) electrons. The number of nitrogens with zero attached hydrogens (tertiary/aromatic N) is 1. The first-order valence-corrected chi connectivity index (χ1v) is 8.96. The van der Waals surface area contributed by atoms with Crippen LogP contribution in [0.2, 0.25) is 0 Å². The maximum Gasteiger partial charge on any atom is 0.226 e. The summed E-state index contributed by atoms with van der Waals surface area (Å²) in [4.78, 5) is 25.7. The van der Waals surface area contributed by atoms with Crippen molar-refractivity contribution in [1.29, 1.82) is 0 Å². The van der Waals surface area contributed by atoms with Crippen molar-refractivity contribution in [2.75, 3.05) is 25.5 Å². The molecule has 0 saturated carbocycles. The lowest BCUT2D eigenvalue weighted by atomic mass is 9.97. The highest BCUT2D eigenvalue weighted by molar-refractivity contribution is 5.91. The molecule has 0 bridgehead atoms. The minimum Gasteiger partial charge on any atom is -0.497 e. The van der Waals surface area contributed by atoms with E-state index in [0.29, 0.717) is 19.5 Å². The van der Waals surface area contributed by atoms with Crippen molar-refractivity contribution in [3.8, 4) is 5.75 Å². The Balaban J connectivity index is 1.77. The molecule has 0 spiro atoms. The molecule has 0 unspecified atom stereocenters. The summed E-state index contributed by atoms with van der Waals surface area (Å²) in [5.41, 5.74) is 2.17. The van der Waals surface area contributed by atoms with Crippen molar-refractivity contribution in [3.05, 3.63) is 35.9 Å². The SMILES string of the molecule is COc1ccc(NC(=O)CCN(CCC2=CCCCC2)C(C)=O)cc1. The summed E-state index contributed by atoms with van der Waals surface area (Å²) in [5, 5.41) is 2.85. The number of hydrogen-bond acceptors (Lipinski definition) is 3. The molecule has 1 aromatic carbocycles. The maximum absolute atomic E-state index is 12.1. The van der Waals surface area contributed by atoms with E-state index in [9.17, 15) is 9.59 Å². The van der Waals surface area contributed by atoms with Gasteiger partial charge in [-0.25, -0.2) is 0 Å². The second-order valence-corrected chi connectivity index (χ2v) is 6.39. The molecule has 1 N–H and O–H groups in total. The molecule has 0 fully saturated rings. The van der Waals surface area contributed by atoms with Crippen LogP contribution >= 0.6 is 0 Å². The highest BCUT2D eigenvalue weighted by Gasteiger charge is 2.13. The molecule has 136 valence electrons. The van der Waals surface area contributed by atoms with Crippen LogP contribution in [0.1, 0.15) is 45.4 Å². The number of methoxy groups -OCH3 is 1. The number of hydrogen-bond donors (Lipinski definition) is 1. The number of carbonyl (C=O) groups excluding carboxylic acids is 2. The molecule has 1 aliphatic carbocycles. The Morgan fingerprint density at radius 1 is 1.16 bits per heavy atom. The molecule has 2 amide bonds. The van der Waals surface area contributed by atoms with Crippen LogP contribution < -0.4 is 10.1 Å². The van der Waals surface area contributed by atoms with Gasteiger partial charge in [-0.05, 0) is 56.4 Å². The zero-order chi connectivity index (χ0) is 18.1. The molecule has 2 rings (SSSR count). The van der Waals surface area contributed by atoms with Crippen molar-refractivity contribution in [1.82, 2.24) is 4.90 Å². The molecule has 0 saturated heterocycles. The van der Waals surface area contributed by atoms with Crippen molar-refractivity contribution in [2.45, 2.75) is 45.4 Å². The van der Waals surface area contributed by atoms with Crippen LogP contribution in [0.4, 0.5) is 5.69 Å². The van der Waals surface area contributed by atoms with Crippen molar-refractivity contribution < 1.29 is 14.3 Å². The summed E-state index contributed by atoms with van der Waals surface area (Å²) in [6, 6.07) is 7.20. The van der Waals surface area contributed by atoms with Gasteiger partial charge >= 0.3 is 0 Å². The van der Waals surface area contributed by atoms with E-state index in [-0.39, 0.29) is 11.8 Å². The van der Waals surface area contributed by atoms with Gasteiger partial charge in [-0.3, -0.25) is 9.59 Å². The summed E-state index contributed by atoms with van der Waals surface area (Å²) in [7, 11) is 1.60. The molecule has 5 nitrogen and oxygen atoms in total. The van der Waals surface area contributed by atoms with Gasteiger partial charge in [-0.1, -0.05) is 11.6 Å². The Morgan fingerprint density at radius 3 is 2.52 bits per heavy atom.